The Morgan fingerprint density at radius 1 is 0.505 bits per heavy atom. The Hall–Kier alpha value is 6.32. The number of carboxylic acid groups (broad SMARTS) is 3. The van der Waals surface area contributed by atoms with Crippen molar-refractivity contribution >= 4 is 309 Å². The van der Waals surface area contributed by atoms with Gasteiger partial charge < -0.3 is 16.4 Å². The van der Waals surface area contributed by atoms with Gasteiger partial charge in [-0.2, -0.15) is 0 Å². The van der Waals surface area contributed by atoms with E-state index in [1.807, 2.05) is 99.6 Å². The van der Waals surface area contributed by atoms with E-state index in [2.05, 4.69) is 85.5 Å². The van der Waals surface area contributed by atoms with Crippen LogP contribution >= 0.6 is 93.3 Å². The van der Waals surface area contributed by atoms with Crippen LogP contribution in [-0.2, 0) is 91.9 Å². The summed E-state index contributed by atoms with van der Waals surface area (Å²) in [5.74, 6) is 4.12. The van der Waals surface area contributed by atoms with E-state index in [1.165, 1.54) is 28.4 Å². The summed E-state index contributed by atoms with van der Waals surface area (Å²) in [6.45, 7) is 46.5. The third-order valence-electron chi connectivity index (χ3n) is 7.51. The van der Waals surface area contributed by atoms with Crippen LogP contribution in [0, 0.1) is 0 Å². The fourth-order valence-electron chi connectivity index (χ4n) is 5.00. The first-order chi connectivity index (χ1) is 45.4. The number of rotatable bonds is 40. The number of aliphatic carboxylic acids is 3. The van der Waals surface area contributed by atoms with Crippen LogP contribution in [0.5, 0.6) is 0 Å². The molecule has 0 amide bonds. The summed E-state index contributed by atoms with van der Waals surface area (Å²) in [5.41, 5.74) is 0. The molecule has 0 aromatic heterocycles. The van der Waals surface area contributed by atoms with Crippen LogP contribution in [0.2, 0.25) is 98.5 Å². The van der Waals surface area contributed by atoms with Gasteiger partial charge in [0.15, 0.2) is 0 Å². The minimum absolute atomic E-state index is 0. The molecule has 0 saturated heterocycles. The monoisotopic (exact) mass is 2450 g/mol. The molecule has 0 aromatic rings. The van der Waals surface area contributed by atoms with E-state index in [4.69, 9.17) is 176 Å². The van der Waals surface area contributed by atoms with Crippen molar-refractivity contribution in [3.05, 3.63) is 0 Å². The van der Waals surface area contributed by atoms with Crippen molar-refractivity contribution in [1.82, 2.24) is 0 Å². The van der Waals surface area contributed by atoms with E-state index in [0.717, 1.165) is 17.7 Å². The van der Waals surface area contributed by atoms with Crippen LogP contribution in [0.4, 0.5) is 0 Å². The molecule has 0 aromatic carbocycles. The molecule has 0 atom stereocenters. The molecule has 0 bridgehead atoms. The number of hydrogen-bond acceptors (Lipinski definition) is 24. The fraction of sp³-hybridized carbons (Fsp3) is 0.938. The van der Waals surface area contributed by atoms with E-state index in [-0.39, 0.29) is 78.5 Å². The van der Waals surface area contributed by atoms with Crippen LogP contribution in [0.15, 0.2) is 0 Å². The maximum absolute atomic E-state index is 11.1. The van der Waals surface area contributed by atoms with Crippen molar-refractivity contribution < 1.29 is 124 Å². The molecule has 0 rings (SSSR count). The first kappa shape index (κ1) is 141. The topological polar surface area (TPSA) is 432 Å². The number of halogens is 9. The van der Waals surface area contributed by atoms with Gasteiger partial charge in [0.25, 0.3) is 0 Å². The van der Waals surface area contributed by atoms with Gasteiger partial charge in [-0.25, -0.2) is 0 Å². The second kappa shape index (κ2) is 89.1. The molecule has 627 valence electrons. The van der Waals surface area contributed by atoms with Gasteiger partial charge >= 0.3 is 676 Å². The summed E-state index contributed by atoms with van der Waals surface area (Å²) in [4.78, 5) is 29.8. The second-order valence-electron chi connectivity index (χ2n) is 22.9. The van der Waals surface area contributed by atoms with E-state index >= 15 is 0 Å². The molecule has 55 heteroatoms. The summed E-state index contributed by atoms with van der Waals surface area (Å²) in [6, 6.07) is 0. The fourth-order valence-corrected chi connectivity index (χ4v) is 46.4. The van der Waals surface area contributed by atoms with Gasteiger partial charge in [-0.15, -0.1) is 33.2 Å². The molecule has 5 radical (unpaired) electrons. The number of hydrogen-bond donors (Lipinski definition) is 3. The summed E-state index contributed by atoms with van der Waals surface area (Å²) in [5, 5.41) is 25.0. The number of carboxylic acids is 3. The van der Waals surface area contributed by atoms with Crippen LogP contribution in [0.25, 0.3) is 0 Å². The summed E-state index contributed by atoms with van der Waals surface area (Å²) < 4.78 is 134. The molecule has 103 heavy (non-hydrogen) atoms. The van der Waals surface area contributed by atoms with E-state index in [0.29, 0.717) is 32.8 Å². The SMILES string of the molecule is CC(C)[O][Ge]([O]C(C)C)([O]C(C)C)[O]C(C)C.CC[O][Ge]([O]CC)([O]CC)[O]CC.C[O][Ge]([O]C)([O]C)[O]C.C[SiH](C)C[O][Ge]([O]C[SiH](C)C)([O][Si](C)(C)C)[O][Si](C)(C)C.Cl[Si](Cl)Cl.O.O.O.O=C(O)C[CH2][Ge].O=C(O)C[CH2][Ge](=[O])[O][Ge](=[O])[CH2]CC(=O)O.[CH3][Ge]([CH3])[CH3].[Cl][GeH2][Cl].[Cl][Ge]([Cl])([Cl])[Cl].[O]=[Ge]=[O]. The molecule has 30 nitrogen and oxygen atoms in total. The Kier molecular flexibility index (Phi) is 122. The van der Waals surface area contributed by atoms with Crippen LogP contribution < -0.4 is 0 Å². The zero-order valence-electron chi connectivity index (χ0n) is 65.7. The first-order valence-corrected chi connectivity index (χ1v) is 97.1. The Morgan fingerprint density at radius 2 is 0.709 bits per heavy atom. The molecule has 0 fully saturated rings. The quantitative estimate of drug-likeness (QED) is 0.0379. The van der Waals surface area contributed by atoms with Gasteiger partial charge in [0.05, 0.1) is 0 Å². The van der Waals surface area contributed by atoms with E-state index in [1.54, 1.807) is 0 Å². The van der Waals surface area contributed by atoms with Gasteiger partial charge in [0.1, 0.15) is 0 Å². The molecular weight excluding hydrogens is 2310 g/mol. The summed E-state index contributed by atoms with van der Waals surface area (Å²) in [7, 11) is 27.7. The van der Waals surface area contributed by atoms with Crippen molar-refractivity contribution in [1.29, 1.82) is 0 Å². The van der Waals surface area contributed by atoms with Crippen LogP contribution in [-0.4, -0.2) is 339 Å². The molecule has 0 unspecified atom stereocenters. The van der Waals surface area contributed by atoms with Gasteiger partial charge in [0.2, 0.25) is 0 Å². The normalized spacial score (nSPS) is 11.1. The second-order valence-corrected chi connectivity index (χ2v) is 103. The molecule has 0 heterocycles. The Balaban J connectivity index is -0.0000000742. The van der Waals surface area contributed by atoms with E-state index in [9.17, 15) is 21.9 Å². The predicted molar refractivity (Wildman–Crippen MR) is 446 cm³/mol. The maximum atomic E-state index is 11.1. The Labute approximate surface area is 715 Å². The zero-order chi connectivity index (χ0) is 81.9. The standard InChI is InChI=1S/C12H36GeO4Si4.C12H28GeO4.C8H20GeO4.C6H10Ge2O7.C4H12GeO4.C3H5GeO2.C3H9Ge.Cl4Ge.Cl3Si.Cl2GeH2.GeO2.3H2O/c1-18(2)11-14-13(15-12-19(3)4,16-20(5,6)7)17-21(8,9)10;1-9(2)14-13(15-10(3)4,16-11(5)6)17-12(7)8;1-5-10-9(11-6-2,12-7-3)13-8-4;9-5(10)1-3-7(13)15-8(14)4-2-6(11)12;1-6-5(7-2,8-3)9-4;4-2-1-3(5)6;1-4(2)3;1-5(2,3)4;1-4(2)3;1-3-2;2-1-3;;;/h18-19H,11-12H2,1-10H3;9-12H,1-8H3;5-8H2,1-4H3;1-4H2,(H,9,10)(H,11,12);1-4H3;1-2H2,(H,5,6);1-3H3;;;3H2;;3*1H2. The average Bonchev–Trinajstić information content (AvgIpc) is 0.828. The zero-order valence-corrected chi connectivity index (χ0v) is 102. The van der Waals surface area contributed by atoms with E-state index < -0.39 is 185 Å². The third kappa shape index (κ3) is 135. The molecule has 0 spiro atoms. The van der Waals surface area contributed by atoms with Gasteiger partial charge in [-0.1, -0.05) is 0 Å². The van der Waals surface area contributed by atoms with Crippen LogP contribution in [0.3, 0.4) is 0 Å². The van der Waals surface area contributed by atoms with Crippen molar-refractivity contribution in [3.8, 4) is 0 Å². The van der Waals surface area contributed by atoms with Gasteiger partial charge in [-0.3, -0.25) is 0 Å². The molecule has 0 aliphatic carbocycles. The first-order valence-electron chi connectivity index (χ1n) is 31.0. The minimum atomic E-state index is -3.62. The van der Waals surface area contributed by atoms with Gasteiger partial charge in [0, 0.05) is 0 Å². The van der Waals surface area contributed by atoms with Gasteiger partial charge in [-0.05, 0) is 0 Å². The van der Waals surface area contributed by atoms with Crippen LogP contribution in [0.1, 0.15) is 102 Å². The van der Waals surface area contributed by atoms with Crippen molar-refractivity contribution in [2.45, 2.75) is 225 Å². The molecular formula is C48H128Cl9Ge11O30Si5. The van der Waals surface area contributed by atoms with Crippen molar-refractivity contribution in [2.24, 2.45) is 0 Å². The molecule has 9 N–H and O–H groups in total. The van der Waals surface area contributed by atoms with Crippen molar-refractivity contribution in [2.75, 3.05) is 67.3 Å². The molecule has 0 aliphatic rings. The third-order valence-corrected chi connectivity index (χ3v) is 50.5. The van der Waals surface area contributed by atoms with Crippen molar-refractivity contribution in [3.63, 3.8) is 0 Å². The summed E-state index contributed by atoms with van der Waals surface area (Å²) >= 11 is -6.81. The summed E-state index contributed by atoms with van der Waals surface area (Å²) in [6.07, 6.45) is 1.45. The molecule has 0 saturated carbocycles. The predicted octanol–water partition coefficient (Wildman–Crippen LogP) is 10.6. The number of carbonyl (C=O) groups is 3. The molecule has 0 aliphatic heterocycles. The average molecular weight is 2440 g/mol. The Bertz CT molecular complexity index is 1800. The Morgan fingerprint density at radius 3 is 0.825 bits per heavy atom.